The highest BCUT2D eigenvalue weighted by Crippen LogP contribution is 2.26. The molecular formula is C16H19BrN4O. The van der Waals surface area contributed by atoms with Crippen LogP contribution >= 0.6 is 15.9 Å². The summed E-state index contributed by atoms with van der Waals surface area (Å²) in [4.78, 5) is 11.9. The van der Waals surface area contributed by atoms with E-state index in [-0.39, 0.29) is 5.91 Å². The van der Waals surface area contributed by atoms with Crippen LogP contribution in [0.5, 0.6) is 0 Å². The van der Waals surface area contributed by atoms with E-state index in [2.05, 4.69) is 36.8 Å². The van der Waals surface area contributed by atoms with Crippen molar-refractivity contribution in [2.24, 2.45) is 5.41 Å². The maximum atomic E-state index is 11.9. The predicted octanol–water partition coefficient (Wildman–Crippen LogP) is 4.28. The molecule has 6 heteroatoms. The van der Waals surface area contributed by atoms with Crippen LogP contribution in [0.25, 0.3) is 0 Å². The molecule has 0 unspecified atom stereocenters. The highest BCUT2D eigenvalue weighted by atomic mass is 79.9. The van der Waals surface area contributed by atoms with Crippen molar-refractivity contribution >= 4 is 39.2 Å². The van der Waals surface area contributed by atoms with Gasteiger partial charge in [0.2, 0.25) is 5.91 Å². The van der Waals surface area contributed by atoms with Gasteiger partial charge in [-0.1, -0.05) is 26.8 Å². The molecule has 0 aliphatic rings. The lowest BCUT2D eigenvalue weighted by molar-refractivity contribution is -0.123. The van der Waals surface area contributed by atoms with E-state index in [0.717, 1.165) is 10.2 Å². The van der Waals surface area contributed by atoms with E-state index in [0.29, 0.717) is 11.6 Å². The second kappa shape index (κ2) is 6.44. The molecule has 2 N–H and O–H groups in total. The quantitative estimate of drug-likeness (QED) is 0.854. The molecule has 0 radical (unpaired) electrons. The maximum absolute atomic E-state index is 11.9. The van der Waals surface area contributed by atoms with Gasteiger partial charge in [-0.15, -0.1) is 10.2 Å². The van der Waals surface area contributed by atoms with Crippen molar-refractivity contribution in [2.45, 2.75) is 27.7 Å². The predicted molar refractivity (Wildman–Crippen MR) is 92.3 cm³/mol. The Morgan fingerprint density at radius 3 is 2.27 bits per heavy atom. The van der Waals surface area contributed by atoms with Gasteiger partial charge in [0.1, 0.15) is 0 Å². The van der Waals surface area contributed by atoms with Gasteiger partial charge in [0.25, 0.3) is 0 Å². The third-order valence-corrected chi connectivity index (χ3v) is 3.63. The Kier molecular flexibility index (Phi) is 4.81. The Balaban J connectivity index is 2.07. The average Bonchev–Trinajstić information content (AvgIpc) is 2.43. The van der Waals surface area contributed by atoms with Gasteiger partial charge >= 0.3 is 0 Å². The van der Waals surface area contributed by atoms with E-state index >= 15 is 0 Å². The number of aryl methyl sites for hydroxylation is 1. The van der Waals surface area contributed by atoms with Crippen LogP contribution in [-0.4, -0.2) is 16.1 Å². The van der Waals surface area contributed by atoms with E-state index in [1.807, 2.05) is 45.9 Å². The van der Waals surface area contributed by atoms with E-state index in [9.17, 15) is 4.79 Å². The molecule has 0 aliphatic carbocycles. The van der Waals surface area contributed by atoms with Crippen molar-refractivity contribution in [3.8, 4) is 0 Å². The minimum absolute atomic E-state index is 0.0937. The van der Waals surface area contributed by atoms with Gasteiger partial charge in [-0.2, -0.15) is 0 Å². The largest absolute Gasteiger partial charge is 0.338 e. The summed E-state index contributed by atoms with van der Waals surface area (Å²) >= 11 is 3.51. The molecule has 0 saturated carbocycles. The second-order valence-corrected chi connectivity index (χ2v) is 6.97. The number of nitrogens with one attached hydrogen (secondary N) is 2. The van der Waals surface area contributed by atoms with Crippen LogP contribution in [0.4, 0.5) is 17.3 Å². The van der Waals surface area contributed by atoms with Gasteiger partial charge in [0, 0.05) is 9.89 Å². The Bertz CT molecular complexity index is 678. The number of aromatic nitrogens is 2. The molecule has 2 rings (SSSR count). The van der Waals surface area contributed by atoms with Gasteiger partial charge in [-0.3, -0.25) is 4.79 Å². The molecule has 1 aromatic heterocycles. The van der Waals surface area contributed by atoms with Gasteiger partial charge in [0.05, 0.1) is 5.69 Å². The first-order valence-electron chi connectivity index (χ1n) is 6.94. The fourth-order valence-electron chi connectivity index (χ4n) is 1.63. The topological polar surface area (TPSA) is 66.9 Å². The van der Waals surface area contributed by atoms with Gasteiger partial charge in [0.15, 0.2) is 11.6 Å². The molecule has 0 spiro atoms. The number of anilines is 3. The number of carbonyl (C=O) groups excluding carboxylic acids is 1. The summed E-state index contributed by atoms with van der Waals surface area (Å²) in [6.07, 6.45) is 0. The number of amides is 1. The molecule has 2 aromatic rings. The van der Waals surface area contributed by atoms with Crippen LogP contribution in [0.3, 0.4) is 0 Å². The third-order valence-electron chi connectivity index (χ3n) is 2.97. The molecule has 1 heterocycles. The minimum Gasteiger partial charge on any atom is -0.338 e. The van der Waals surface area contributed by atoms with Gasteiger partial charge in [-0.05, 0) is 52.7 Å². The molecular weight excluding hydrogens is 344 g/mol. The molecule has 0 saturated heterocycles. The Morgan fingerprint density at radius 1 is 1.09 bits per heavy atom. The first-order chi connectivity index (χ1) is 10.3. The van der Waals surface area contributed by atoms with Crippen molar-refractivity contribution in [2.75, 3.05) is 10.6 Å². The highest BCUT2D eigenvalue weighted by Gasteiger charge is 2.21. The molecule has 5 nitrogen and oxygen atoms in total. The zero-order valence-corrected chi connectivity index (χ0v) is 14.7. The van der Waals surface area contributed by atoms with Crippen molar-refractivity contribution < 1.29 is 4.79 Å². The van der Waals surface area contributed by atoms with Crippen LogP contribution in [0.2, 0.25) is 0 Å². The summed E-state index contributed by atoms with van der Waals surface area (Å²) in [7, 11) is 0. The summed E-state index contributed by atoms with van der Waals surface area (Å²) in [5, 5.41) is 14.0. The lowest BCUT2D eigenvalue weighted by atomic mass is 9.96. The van der Waals surface area contributed by atoms with Crippen LogP contribution in [0.1, 0.15) is 26.3 Å². The maximum Gasteiger partial charge on any atom is 0.230 e. The highest BCUT2D eigenvalue weighted by molar-refractivity contribution is 9.10. The zero-order valence-electron chi connectivity index (χ0n) is 13.1. The van der Waals surface area contributed by atoms with Crippen LogP contribution in [0, 0.1) is 12.3 Å². The van der Waals surface area contributed by atoms with Crippen LogP contribution in [-0.2, 0) is 4.79 Å². The summed E-state index contributed by atoms with van der Waals surface area (Å²) in [5.41, 5.74) is 1.61. The first kappa shape index (κ1) is 16.4. The summed E-state index contributed by atoms with van der Waals surface area (Å²) < 4.78 is 0.958. The summed E-state index contributed by atoms with van der Waals surface area (Å²) in [6, 6.07) is 9.50. The van der Waals surface area contributed by atoms with Crippen molar-refractivity contribution in [3.05, 3.63) is 40.4 Å². The average molecular weight is 363 g/mol. The SMILES string of the molecule is Cc1ccc(Nc2ccc(NC(=O)C(C)(C)C)nn2)c(Br)c1. The van der Waals surface area contributed by atoms with Crippen LogP contribution < -0.4 is 10.6 Å². The molecule has 22 heavy (non-hydrogen) atoms. The summed E-state index contributed by atoms with van der Waals surface area (Å²) in [5.74, 6) is 0.954. The first-order valence-corrected chi connectivity index (χ1v) is 7.73. The Morgan fingerprint density at radius 2 is 1.73 bits per heavy atom. The second-order valence-electron chi connectivity index (χ2n) is 6.12. The third kappa shape index (κ3) is 4.27. The lowest BCUT2D eigenvalue weighted by Crippen LogP contribution is -2.28. The normalized spacial score (nSPS) is 11.1. The van der Waals surface area contributed by atoms with E-state index in [1.165, 1.54) is 5.56 Å². The molecule has 0 atom stereocenters. The number of nitrogens with zero attached hydrogens (tertiary/aromatic N) is 2. The molecule has 0 bridgehead atoms. The van der Waals surface area contributed by atoms with E-state index < -0.39 is 5.41 Å². The Labute approximate surface area is 138 Å². The summed E-state index contributed by atoms with van der Waals surface area (Å²) in [6.45, 7) is 7.57. The van der Waals surface area contributed by atoms with Crippen molar-refractivity contribution in [3.63, 3.8) is 0 Å². The number of hydrogen-bond acceptors (Lipinski definition) is 4. The molecule has 1 amide bonds. The fraction of sp³-hybridized carbons (Fsp3) is 0.312. The smallest absolute Gasteiger partial charge is 0.230 e. The lowest BCUT2D eigenvalue weighted by Gasteiger charge is -2.16. The monoisotopic (exact) mass is 362 g/mol. The standard InChI is InChI=1S/C16H19BrN4O/c1-10-5-6-12(11(17)9-10)18-13-7-8-14(21-20-13)19-15(22)16(2,3)4/h5-9H,1-4H3,(H,18,20)(H,19,21,22). The molecule has 0 aliphatic heterocycles. The molecule has 0 fully saturated rings. The van der Waals surface area contributed by atoms with E-state index in [1.54, 1.807) is 12.1 Å². The molecule has 1 aromatic carbocycles. The molecule has 116 valence electrons. The zero-order chi connectivity index (χ0) is 16.3. The number of benzene rings is 1. The van der Waals surface area contributed by atoms with Crippen molar-refractivity contribution in [1.29, 1.82) is 0 Å². The number of carbonyl (C=O) groups is 1. The number of rotatable bonds is 3. The number of halogens is 1. The number of hydrogen-bond donors (Lipinski definition) is 2. The fourth-order valence-corrected chi connectivity index (χ4v) is 2.22. The van der Waals surface area contributed by atoms with Crippen molar-refractivity contribution in [1.82, 2.24) is 10.2 Å². The van der Waals surface area contributed by atoms with Crippen LogP contribution in [0.15, 0.2) is 34.8 Å². The van der Waals surface area contributed by atoms with Gasteiger partial charge in [-0.25, -0.2) is 0 Å². The Hall–Kier alpha value is -1.95. The minimum atomic E-state index is -0.467. The van der Waals surface area contributed by atoms with E-state index in [4.69, 9.17) is 0 Å². The van der Waals surface area contributed by atoms with Gasteiger partial charge < -0.3 is 10.6 Å².